The summed E-state index contributed by atoms with van der Waals surface area (Å²) in [7, 11) is 0. The Morgan fingerprint density at radius 2 is 1.70 bits per heavy atom. The van der Waals surface area contributed by atoms with Crippen molar-refractivity contribution in [2.75, 3.05) is 0 Å². The van der Waals surface area contributed by atoms with E-state index in [4.69, 9.17) is 0 Å². The van der Waals surface area contributed by atoms with E-state index in [9.17, 15) is 44.7 Å². The number of hydrogen-bond donors (Lipinski definition) is 1. The molecule has 0 aliphatic carbocycles. The Balaban J connectivity index is 2.26. The molecule has 0 amide bonds. The number of nitrogens with zero attached hydrogens (tertiary/aromatic N) is 4. The molecule has 0 aliphatic heterocycles. The third kappa shape index (κ3) is 3.79. The van der Waals surface area contributed by atoms with E-state index < -0.39 is 62.1 Å². The van der Waals surface area contributed by atoms with Gasteiger partial charge in [-0.2, -0.15) is 35.1 Å². The molecule has 0 aromatic carbocycles. The van der Waals surface area contributed by atoms with E-state index in [1.54, 1.807) is 0 Å². The maximum Gasteiger partial charge on any atom is 0.455 e. The lowest BCUT2D eigenvalue weighted by molar-refractivity contribution is -0.287. The van der Waals surface area contributed by atoms with E-state index in [1.165, 1.54) is 0 Å². The predicted octanol–water partition coefficient (Wildman–Crippen LogP) is 3.07. The van der Waals surface area contributed by atoms with E-state index in [-0.39, 0.29) is 4.68 Å². The zero-order chi connectivity index (χ0) is 22.6. The number of alkyl halides is 8. The van der Waals surface area contributed by atoms with Crippen molar-refractivity contribution in [1.82, 2.24) is 24.4 Å². The summed E-state index contributed by atoms with van der Waals surface area (Å²) in [6.07, 6.45) is -10.3. The monoisotopic (exact) mass is 555 g/mol. The summed E-state index contributed by atoms with van der Waals surface area (Å²) >= 11 is 1.16. The fourth-order valence-electron chi connectivity index (χ4n) is 2.44. The standard InChI is InChI=1S/C14H6F8IN5O2/c15-12(16,14(20,21)22)4-28-10(23)8(25-26-28)7-9(13(17,18)19)24-6-3-5(29)1-2-27(6)11(7)30/h1-3,24H,4H2. The summed E-state index contributed by atoms with van der Waals surface area (Å²) in [6, 6.07) is 1.59. The van der Waals surface area contributed by atoms with Crippen LogP contribution in [-0.2, 0) is 12.7 Å². The number of fused-ring (bicyclic) bond motifs is 1. The van der Waals surface area contributed by atoms with Crippen LogP contribution in [0.3, 0.4) is 0 Å². The van der Waals surface area contributed by atoms with E-state index in [0.29, 0.717) is 10.5 Å². The third-order valence-electron chi connectivity index (χ3n) is 3.82. The number of H-pyrrole nitrogens is 1. The third-order valence-corrected chi connectivity index (χ3v) is 4.89. The van der Waals surface area contributed by atoms with Crippen molar-refractivity contribution >= 4 is 28.2 Å². The fraction of sp³-hybridized carbons (Fsp3) is 0.286. The van der Waals surface area contributed by atoms with Crippen LogP contribution in [0.25, 0.3) is 16.9 Å². The molecule has 0 radical (unpaired) electrons. The number of pyridine rings is 1. The second-order valence-corrected chi connectivity index (χ2v) is 6.91. The molecule has 0 saturated heterocycles. The minimum Gasteiger partial charge on any atom is -0.336 e. The first-order valence-corrected chi connectivity index (χ1v) is 8.61. The molecular weight excluding hydrogens is 549 g/mol. The average Bonchev–Trinajstić information content (AvgIpc) is 2.92. The molecule has 0 fully saturated rings. The van der Waals surface area contributed by atoms with Crippen LogP contribution in [0.15, 0.2) is 27.9 Å². The minimum absolute atomic E-state index is 0.0403. The molecule has 3 heterocycles. The van der Waals surface area contributed by atoms with Crippen molar-refractivity contribution < 1.29 is 35.1 Å². The fourth-order valence-corrected chi connectivity index (χ4v) is 3.08. The van der Waals surface area contributed by atoms with Crippen molar-refractivity contribution in [1.29, 1.82) is 0 Å². The molecular formula is C14H6F8IN5O2. The van der Waals surface area contributed by atoms with Gasteiger partial charge in [0.15, 0.2) is 5.43 Å². The summed E-state index contributed by atoms with van der Waals surface area (Å²) in [5, 5.41) is 6.27. The Kier molecular flexibility index (Phi) is 5.18. The lowest BCUT2D eigenvalue weighted by Gasteiger charge is -2.19. The molecule has 0 saturated carbocycles. The Hall–Kier alpha value is -2.53. The Morgan fingerprint density at radius 3 is 2.27 bits per heavy atom. The molecule has 30 heavy (non-hydrogen) atoms. The Morgan fingerprint density at radius 1 is 1.07 bits per heavy atom. The molecule has 162 valence electrons. The van der Waals surface area contributed by atoms with Crippen LogP contribution >= 0.6 is 22.6 Å². The molecule has 0 bridgehead atoms. The van der Waals surface area contributed by atoms with Crippen LogP contribution in [0.2, 0.25) is 0 Å². The molecule has 0 spiro atoms. The second-order valence-electron chi connectivity index (χ2n) is 5.88. The van der Waals surface area contributed by atoms with Crippen LogP contribution in [0.1, 0.15) is 5.69 Å². The highest BCUT2D eigenvalue weighted by atomic mass is 127. The van der Waals surface area contributed by atoms with Crippen molar-refractivity contribution in [3.63, 3.8) is 0 Å². The van der Waals surface area contributed by atoms with Gasteiger partial charge in [0.25, 0.3) is 5.56 Å². The molecule has 0 unspecified atom stereocenters. The first-order chi connectivity index (χ1) is 13.6. The summed E-state index contributed by atoms with van der Waals surface area (Å²) < 4.78 is 104. The molecule has 7 nitrogen and oxygen atoms in total. The number of halogens is 9. The number of rotatable bonds is 3. The number of nitrogens with one attached hydrogen (secondary N) is 1. The zero-order valence-electron chi connectivity index (χ0n) is 13.9. The van der Waals surface area contributed by atoms with E-state index in [1.807, 2.05) is 4.98 Å². The van der Waals surface area contributed by atoms with Gasteiger partial charge < -0.3 is 4.98 Å². The van der Waals surface area contributed by atoms with Gasteiger partial charge in [0.1, 0.15) is 27.3 Å². The topological polar surface area (TPSA) is 85.0 Å². The first-order valence-electron chi connectivity index (χ1n) is 7.53. The summed E-state index contributed by atoms with van der Waals surface area (Å²) in [5.74, 6) is -5.25. The van der Waals surface area contributed by atoms with Gasteiger partial charge in [0.05, 0.1) is 5.56 Å². The SMILES string of the molecule is O=c1ccn2c(=O)c(-c3nnn(CC(F)(F)C(F)(F)F)c3I)c(C(F)(F)F)[nH]c2c1. The minimum atomic E-state index is -5.94. The number of aromatic nitrogens is 5. The molecule has 3 aromatic rings. The summed E-state index contributed by atoms with van der Waals surface area (Å²) in [5.41, 5.74) is -6.27. The molecule has 3 rings (SSSR count). The summed E-state index contributed by atoms with van der Waals surface area (Å²) in [6.45, 7) is -2.05. The molecule has 3 aromatic heterocycles. The van der Waals surface area contributed by atoms with Crippen molar-refractivity contribution in [3.05, 3.63) is 48.3 Å². The molecule has 1 N–H and O–H groups in total. The van der Waals surface area contributed by atoms with Gasteiger partial charge in [-0.15, -0.1) is 5.10 Å². The number of aromatic amines is 1. The lowest BCUT2D eigenvalue weighted by Crippen LogP contribution is -2.41. The number of hydrogen-bond acceptors (Lipinski definition) is 4. The van der Waals surface area contributed by atoms with Gasteiger partial charge in [-0.3, -0.25) is 14.0 Å². The van der Waals surface area contributed by atoms with Crippen molar-refractivity contribution in [2.45, 2.75) is 24.8 Å². The highest BCUT2D eigenvalue weighted by molar-refractivity contribution is 14.1. The van der Waals surface area contributed by atoms with Crippen molar-refractivity contribution in [2.24, 2.45) is 0 Å². The predicted molar refractivity (Wildman–Crippen MR) is 92.0 cm³/mol. The van der Waals surface area contributed by atoms with Gasteiger partial charge in [-0.25, -0.2) is 4.68 Å². The van der Waals surface area contributed by atoms with Crippen LogP contribution in [0.5, 0.6) is 0 Å². The van der Waals surface area contributed by atoms with Crippen molar-refractivity contribution in [3.8, 4) is 11.3 Å². The van der Waals surface area contributed by atoms with Gasteiger partial charge in [-0.05, 0) is 22.6 Å². The molecule has 16 heteroatoms. The average molecular weight is 555 g/mol. The zero-order valence-corrected chi connectivity index (χ0v) is 16.1. The lowest BCUT2D eigenvalue weighted by atomic mass is 10.1. The van der Waals surface area contributed by atoms with Gasteiger partial charge >= 0.3 is 18.3 Å². The van der Waals surface area contributed by atoms with E-state index in [2.05, 4.69) is 10.3 Å². The summed E-state index contributed by atoms with van der Waals surface area (Å²) in [4.78, 5) is 25.9. The largest absolute Gasteiger partial charge is 0.455 e. The van der Waals surface area contributed by atoms with Gasteiger partial charge in [-0.1, -0.05) is 5.21 Å². The van der Waals surface area contributed by atoms with Crippen LogP contribution in [0.4, 0.5) is 35.1 Å². The van der Waals surface area contributed by atoms with Crippen LogP contribution in [0, 0.1) is 3.70 Å². The Bertz CT molecular complexity index is 1240. The molecule has 0 atom stereocenters. The van der Waals surface area contributed by atoms with Gasteiger partial charge in [0.2, 0.25) is 0 Å². The first kappa shape index (κ1) is 22.2. The second kappa shape index (κ2) is 7.02. The maximum atomic E-state index is 13.5. The van der Waals surface area contributed by atoms with E-state index in [0.717, 1.165) is 34.9 Å². The maximum absolute atomic E-state index is 13.5. The molecule has 0 aliphatic rings. The van der Waals surface area contributed by atoms with Gasteiger partial charge in [0, 0.05) is 18.3 Å². The highest BCUT2D eigenvalue weighted by Crippen LogP contribution is 2.38. The van der Waals surface area contributed by atoms with Crippen LogP contribution < -0.4 is 11.0 Å². The normalized spacial score (nSPS) is 13.2. The quantitative estimate of drug-likeness (QED) is 0.398. The smallest absolute Gasteiger partial charge is 0.336 e. The Labute approximate surface area is 172 Å². The van der Waals surface area contributed by atoms with E-state index >= 15 is 0 Å². The van der Waals surface area contributed by atoms with Crippen LogP contribution in [-0.4, -0.2) is 36.5 Å². The highest BCUT2D eigenvalue weighted by Gasteiger charge is 2.58.